The molecule has 3 N–H and O–H groups in total. The average molecular weight is 226 g/mol. The van der Waals surface area contributed by atoms with Crippen LogP contribution in [0.5, 0.6) is 0 Å². The molecule has 2 rings (SSSR count). The first-order chi connectivity index (χ1) is 8.29. The summed E-state index contributed by atoms with van der Waals surface area (Å²) in [7, 11) is 0. The van der Waals surface area contributed by atoms with E-state index in [0.717, 1.165) is 12.2 Å². The van der Waals surface area contributed by atoms with Crippen molar-refractivity contribution in [3.63, 3.8) is 0 Å². The van der Waals surface area contributed by atoms with Gasteiger partial charge in [-0.05, 0) is 30.2 Å². The summed E-state index contributed by atoms with van der Waals surface area (Å²) in [5.41, 5.74) is 10.6. The topological polar surface area (TPSA) is 38.0 Å². The zero-order valence-corrected chi connectivity index (χ0v) is 10.1. The van der Waals surface area contributed by atoms with Crippen LogP contribution in [0.2, 0.25) is 0 Å². The molecule has 0 amide bonds. The highest BCUT2D eigenvalue weighted by Gasteiger charge is 1.99. The molecule has 17 heavy (non-hydrogen) atoms. The molecule has 0 fully saturated rings. The van der Waals surface area contributed by atoms with Crippen molar-refractivity contribution in [2.75, 3.05) is 5.32 Å². The molecule has 2 heteroatoms. The van der Waals surface area contributed by atoms with Crippen LogP contribution in [-0.2, 0) is 13.1 Å². The smallest absolute Gasteiger partial charge is 0.0404 e. The number of nitrogens with one attached hydrogen (secondary N) is 1. The Hall–Kier alpha value is -1.80. The molecule has 0 bridgehead atoms. The molecule has 0 saturated heterocycles. The number of aryl methyl sites for hydroxylation is 1. The first-order valence-electron chi connectivity index (χ1n) is 5.87. The molecule has 0 aromatic heterocycles. The Labute approximate surface area is 102 Å². The van der Waals surface area contributed by atoms with E-state index in [1.165, 1.54) is 16.7 Å². The maximum absolute atomic E-state index is 5.71. The number of hydrogen-bond acceptors (Lipinski definition) is 2. The molecule has 2 aromatic rings. The zero-order chi connectivity index (χ0) is 12.1. The fraction of sp³-hybridized carbons (Fsp3) is 0.200. The van der Waals surface area contributed by atoms with Crippen molar-refractivity contribution in [1.82, 2.24) is 0 Å². The van der Waals surface area contributed by atoms with Crippen molar-refractivity contribution >= 4 is 5.69 Å². The van der Waals surface area contributed by atoms with E-state index >= 15 is 0 Å². The standard InChI is InChI=1S/C15H18N2/c1-12-6-8-15(9-7-12)17-11-14-5-3-2-4-13(14)10-16/h2-9,17H,10-11,16H2,1H3. The summed E-state index contributed by atoms with van der Waals surface area (Å²) in [6.07, 6.45) is 0. The Balaban J connectivity index is 2.04. The van der Waals surface area contributed by atoms with Crippen molar-refractivity contribution in [3.05, 3.63) is 65.2 Å². The van der Waals surface area contributed by atoms with Gasteiger partial charge in [0.1, 0.15) is 0 Å². The van der Waals surface area contributed by atoms with E-state index < -0.39 is 0 Å². The van der Waals surface area contributed by atoms with Gasteiger partial charge < -0.3 is 11.1 Å². The van der Waals surface area contributed by atoms with E-state index in [1.54, 1.807) is 0 Å². The summed E-state index contributed by atoms with van der Waals surface area (Å²) < 4.78 is 0. The molecule has 0 aliphatic carbocycles. The highest BCUT2D eigenvalue weighted by molar-refractivity contribution is 5.45. The minimum absolute atomic E-state index is 0.589. The number of benzene rings is 2. The number of rotatable bonds is 4. The van der Waals surface area contributed by atoms with Crippen LogP contribution in [0.3, 0.4) is 0 Å². The molecule has 2 aromatic carbocycles. The third-order valence-corrected chi connectivity index (χ3v) is 2.87. The molecule has 0 saturated carbocycles. The van der Waals surface area contributed by atoms with Gasteiger partial charge in [-0.3, -0.25) is 0 Å². The van der Waals surface area contributed by atoms with E-state index in [4.69, 9.17) is 5.73 Å². The lowest BCUT2D eigenvalue weighted by molar-refractivity contribution is 1.01. The van der Waals surface area contributed by atoms with Gasteiger partial charge >= 0.3 is 0 Å². The highest BCUT2D eigenvalue weighted by atomic mass is 14.9. The second-order valence-corrected chi connectivity index (χ2v) is 4.19. The van der Waals surface area contributed by atoms with Gasteiger partial charge in [0.2, 0.25) is 0 Å². The van der Waals surface area contributed by atoms with Crippen LogP contribution in [0.25, 0.3) is 0 Å². The third kappa shape index (κ3) is 3.08. The molecule has 0 aliphatic rings. The largest absolute Gasteiger partial charge is 0.381 e. The fourth-order valence-corrected chi connectivity index (χ4v) is 1.80. The first kappa shape index (κ1) is 11.7. The third-order valence-electron chi connectivity index (χ3n) is 2.87. The van der Waals surface area contributed by atoms with Gasteiger partial charge in [0.05, 0.1) is 0 Å². The summed E-state index contributed by atoms with van der Waals surface area (Å²) in [6, 6.07) is 16.7. The normalized spacial score (nSPS) is 10.2. The number of hydrogen-bond donors (Lipinski definition) is 2. The van der Waals surface area contributed by atoms with Gasteiger partial charge in [0.25, 0.3) is 0 Å². The predicted molar refractivity (Wildman–Crippen MR) is 72.8 cm³/mol. The van der Waals surface area contributed by atoms with E-state index in [9.17, 15) is 0 Å². The maximum atomic E-state index is 5.71. The Bertz CT molecular complexity index is 475. The molecule has 0 radical (unpaired) electrons. The second-order valence-electron chi connectivity index (χ2n) is 4.19. The minimum atomic E-state index is 0.589. The molecule has 0 unspecified atom stereocenters. The Kier molecular flexibility index (Phi) is 3.78. The summed E-state index contributed by atoms with van der Waals surface area (Å²) >= 11 is 0. The first-order valence-corrected chi connectivity index (χ1v) is 5.87. The summed E-state index contributed by atoms with van der Waals surface area (Å²) in [5, 5.41) is 3.41. The van der Waals surface area contributed by atoms with Crippen LogP contribution < -0.4 is 11.1 Å². The van der Waals surface area contributed by atoms with Crippen molar-refractivity contribution in [2.45, 2.75) is 20.0 Å². The van der Waals surface area contributed by atoms with Crippen LogP contribution in [0.1, 0.15) is 16.7 Å². The molecule has 88 valence electrons. The van der Waals surface area contributed by atoms with Gasteiger partial charge in [0.15, 0.2) is 0 Å². The van der Waals surface area contributed by atoms with Crippen LogP contribution in [0.15, 0.2) is 48.5 Å². The highest BCUT2D eigenvalue weighted by Crippen LogP contribution is 2.13. The number of anilines is 1. The van der Waals surface area contributed by atoms with Gasteiger partial charge in [-0.2, -0.15) is 0 Å². The van der Waals surface area contributed by atoms with Gasteiger partial charge in [-0.15, -0.1) is 0 Å². The van der Waals surface area contributed by atoms with Crippen LogP contribution >= 0.6 is 0 Å². The molecular weight excluding hydrogens is 208 g/mol. The van der Waals surface area contributed by atoms with E-state index in [-0.39, 0.29) is 0 Å². The molecular formula is C15H18N2. The van der Waals surface area contributed by atoms with Gasteiger partial charge in [-0.1, -0.05) is 42.0 Å². The fourth-order valence-electron chi connectivity index (χ4n) is 1.80. The Morgan fingerprint density at radius 3 is 2.24 bits per heavy atom. The Morgan fingerprint density at radius 2 is 1.59 bits per heavy atom. The Morgan fingerprint density at radius 1 is 0.941 bits per heavy atom. The quantitative estimate of drug-likeness (QED) is 0.840. The van der Waals surface area contributed by atoms with E-state index in [0.29, 0.717) is 6.54 Å². The van der Waals surface area contributed by atoms with Gasteiger partial charge in [-0.25, -0.2) is 0 Å². The molecule has 0 atom stereocenters. The molecule has 0 heterocycles. The van der Waals surface area contributed by atoms with Crippen LogP contribution in [0, 0.1) is 6.92 Å². The number of nitrogens with two attached hydrogens (primary N) is 1. The van der Waals surface area contributed by atoms with Crippen molar-refractivity contribution in [3.8, 4) is 0 Å². The van der Waals surface area contributed by atoms with Crippen LogP contribution in [-0.4, -0.2) is 0 Å². The summed E-state index contributed by atoms with van der Waals surface area (Å²) in [6.45, 7) is 3.50. The van der Waals surface area contributed by atoms with E-state index in [2.05, 4.69) is 48.6 Å². The van der Waals surface area contributed by atoms with Crippen molar-refractivity contribution in [1.29, 1.82) is 0 Å². The maximum Gasteiger partial charge on any atom is 0.0404 e. The lowest BCUT2D eigenvalue weighted by Crippen LogP contribution is -2.06. The average Bonchev–Trinajstić information content (AvgIpc) is 2.38. The lowest BCUT2D eigenvalue weighted by atomic mass is 10.1. The second kappa shape index (κ2) is 5.51. The van der Waals surface area contributed by atoms with Gasteiger partial charge in [0, 0.05) is 18.8 Å². The van der Waals surface area contributed by atoms with Crippen molar-refractivity contribution in [2.24, 2.45) is 5.73 Å². The predicted octanol–water partition coefficient (Wildman–Crippen LogP) is 3.07. The van der Waals surface area contributed by atoms with Crippen molar-refractivity contribution < 1.29 is 0 Å². The van der Waals surface area contributed by atoms with E-state index in [1.807, 2.05) is 12.1 Å². The van der Waals surface area contributed by atoms with Crippen LogP contribution in [0.4, 0.5) is 5.69 Å². The monoisotopic (exact) mass is 226 g/mol. The summed E-state index contributed by atoms with van der Waals surface area (Å²) in [5.74, 6) is 0. The molecule has 0 aliphatic heterocycles. The SMILES string of the molecule is Cc1ccc(NCc2ccccc2CN)cc1. The molecule has 2 nitrogen and oxygen atoms in total. The minimum Gasteiger partial charge on any atom is -0.381 e. The zero-order valence-electron chi connectivity index (χ0n) is 10.1. The lowest BCUT2D eigenvalue weighted by Gasteiger charge is -2.10. The summed E-state index contributed by atoms with van der Waals surface area (Å²) in [4.78, 5) is 0. The molecule has 0 spiro atoms.